The Morgan fingerprint density at radius 2 is 2.35 bits per heavy atom. The van der Waals surface area contributed by atoms with Gasteiger partial charge in [0.25, 0.3) is 0 Å². The molecule has 2 atom stereocenters. The minimum Gasteiger partial charge on any atom is -0.342 e. The molecule has 0 spiro atoms. The van der Waals surface area contributed by atoms with Crippen molar-refractivity contribution in [1.82, 2.24) is 15.2 Å². The Labute approximate surface area is 124 Å². The molecule has 1 aromatic heterocycles. The number of nitrogens with one attached hydrogen (secondary N) is 1. The standard InChI is InChI=1S/C15H23N3OS/c1-10-9-20-14(17-10)12-4-3-5-18(8-12)15(19)11(2)13-6-16-7-13/h9,11-13,16H,3-8H2,1-2H3. The highest BCUT2D eigenvalue weighted by atomic mass is 32.1. The second-order valence-electron chi connectivity index (χ2n) is 6.16. The summed E-state index contributed by atoms with van der Waals surface area (Å²) in [6, 6.07) is 0. The Balaban J connectivity index is 1.63. The molecular weight excluding hydrogens is 270 g/mol. The molecule has 0 bridgehead atoms. The van der Waals surface area contributed by atoms with Crippen molar-refractivity contribution in [3.05, 3.63) is 16.1 Å². The van der Waals surface area contributed by atoms with Crippen LogP contribution in [-0.2, 0) is 4.79 Å². The lowest BCUT2D eigenvalue weighted by molar-refractivity contribution is -0.138. The van der Waals surface area contributed by atoms with Gasteiger partial charge in [-0.15, -0.1) is 11.3 Å². The van der Waals surface area contributed by atoms with Gasteiger partial charge in [0.15, 0.2) is 0 Å². The van der Waals surface area contributed by atoms with E-state index in [2.05, 4.69) is 27.5 Å². The van der Waals surface area contributed by atoms with E-state index in [0.29, 0.717) is 17.7 Å². The summed E-state index contributed by atoms with van der Waals surface area (Å²) in [6.07, 6.45) is 2.26. The first-order valence-corrected chi connectivity index (χ1v) is 8.44. The van der Waals surface area contributed by atoms with Gasteiger partial charge in [-0.3, -0.25) is 4.79 Å². The van der Waals surface area contributed by atoms with E-state index in [1.54, 1.807) is 11.3 Å². The molecule has 5 heteroatoms. The van der Waals surface area contributed by atoms with Crippen LogP contribution in [0.1, 0.15) is 36.4 Å². The summed E-state index contributed by atoms with van der Waals surface area (Å²) in [5, 5.41) is 6.57. The lowest BCUT2D eigenvalue weighted by atomic mass is 9.87. The zero-order valence-electron chi connectivity index (χ0n) is 12.3. The van der Waals surface area contributed by atoms with E-state index >= 15 is 0 Å². The number of aromatic nitrogens is 1. The monoisotopic (exact) mass is 293 g/mol. The molecule has 3 heterocycles. The fourth-order valence-electron chi connectivity index (χ4n) is 3.09. The number of likely N-dealkylation sites (tertiary alicyclic amines) is 1. The number of carbonyl (C=O) groups excluding carboxylic acids is 1. The molecule has 0 saturated carbocycles. The minimum absolute atomic E-state index is 0.160. The van der Waals surface area contributed by atoms with E-state index in [1.165, 1.54) is 5.01 Å². The first kappa shape index (κ1) is 14.0. The van der Waals surface area contributed by atoms with Gasteiger partial charge >= 0.3 is 0 Å². The van der Waals surface area contributed by atoms with Gasteiger partial charge in [-0.2, -0.15) is 0 Å². The largest absolute Gasteiger partial charge is 0.342 e. The first-order valence-electron chi connectivity index (χ1n) is 7.56. The maximum Gasteiger partial charge on any atom is 0.225 e. The molecule has 0 aromatic carbocycles. The molecule has 1 aromatic rings. The van der Waals surface area contributed by atoms with E-state index < -0.39 is 0 Å². The molecule has 2 fully saturated rings. The van der Waals surface area contributed by atoms with Crippen molar-refractivity contribution < 1.29 is 4.79 Å². The lowest BCUT2D eigenvalue weighted by Crippen LogP contribution is -2.51. The van der Waals surface area contributed by atoms with Crippen molar-refractivity contribution in [3.63, 3.8) is 0 Å². The molecule has 1 N–H and O–H groups in total. The highest BCUT2D eigenvalue weighted by molar-refractivity contribution is 7.09. The zero-order valence-corrected chi connectivity index (χ0v) is 13.1. The number of aryl methyl sites for hydroxylation is 1. The minimum atomic E-state index is 0.160. The van der Waals surface area contributed by atoms with Gasteiger partial charge in [-0.05, 0) is 38.8 Å². The normalized spacial score (nSPS) is 25.3. The van der Waals surface area contributed by atoms with Crippen LogP contribution in [0.3, 0.4) is 0 Å². The summed E-state index contributed by atoms with van der Waals surface area (Å²) >= 11 is 1.74. The summed E-state index contributed by atoms with van der Waals surface area (Å²) in [4.78, 5) is 19.3. The number of nitrogens with zero attached hydrogens (tertiary/aromatic N) is 2. The van der Waals surface area contributed by atoms with E-state index in [1.807, 2.05) is 6.92 Å². The predicted molar refractivity (Wildman–Crippen MR) is 80.9 cm³/mol. The summed E-state index contributed by atoms with van der Waals surface area (Å²) < 4.78 is 0. The molecule has 0 radical (unpaired) electrons. The quantitative estimate of drug-likeness (QED) is 0.927. The van der Waals surface area contributed by atoms with Crippen LogP contribution in [0, 0.1) is 18.8 Å². The van der Waals surface area contributed by atoms with Crippen LogP contribution < -0.4 is 5.32 Å². The third kappa shape index (κ3) is 2.74. The number of piperidine rings is 1. The summed E-state index contributed by atoms with van der Waals surface area (Å²) in [5.41, 5.74) is 1.10. The Morgan fingerprint density at radius 1 is 1.55 bits per heavy atom. The van der Waals surface area contributed by atoms with Crippen molar-refractivity contribution in [2.45, 2.75) is 32.6 Å². The zero-order chi connectivity index (χ0) is 14.1. The van der Waals surface area contributed by atoms with Crippen LogP contribution in [0.4, 0.5) is 0 Å². The molecular formula is C15H23N3OS. The third-order valence-corrected chi connectivity index (χ3v) is 5.75. The molecule has 2 aliphatic heterocycles. The number of amides is 1. The van der Waals surface area contributed by atoms with E-state index in [0.717, 1.165) is 44.7 Å². The van der Waals surface area contributed by atoms with Gasteiger partial charge < -0.3 is 10.2 Å². The summed E-state index contributed by atoms with van der Waals surface area (Å²) in [5.74, 6) is 1.48. The van der Waals surface area contributed by atoms with Crippen molar-refractivity contribution >= 4 is 17.2 Å². The third-order valence-electron chi connectivity index (χ3n) is 4.63. The second-order valence-corrected chi connectivity index (χ2v) is 7.05. The average Bonchev–Trinajstić information content (AvgIpc) is 2.83. The Hall–Kier alpha value is -0.940. The summed E-state index contributed by atoms with van der Waals surface area (Å²) in [7, 11) is 0. The predicted octanol–water partition coefficient (Wildman–Crippen LogP) is 2.01. The molecule has 2 saturated heterocycles. The second kappa shape index (κ2) is 5.82. The van der Waals surface area contributed by atoms with Crippen LogP contribution in [0.15, 0.2) is 5.38 Å². The fourth-order valence-corrected chi connectivity index (χ4v) is 4.02. The Kier molecular flexibility index (Phi) is 4.08. The Morgan fingerprint density at radius 3 is 2.95 bits per heavy atom. The molecule has 2 aliphatic rings. The van der Waals surface area contributed by atoms with E-state index in [4.69, 9.17) is 0 Å². The van der Waals surface area contributed by atoms with Crippen molar-refractivity contribution in [3.8, 4) is 0 Å². The van der Waals surface area contributed by atoms with Crippen LogP contribution in [-0.4, -0.2) is 42.0 Å². The highest BCUT2D eigenvalue weighted by Crippen LogP contribution is 2.30. The van der Waals surface area contributed by atoms with Crippen LogP contribution in [0.5, 0.6) is 0 Å². The van der Waals surface area contributed by atoms with Gasteiger partial charge in [0.2, 0.25) is 5.91 Å². The number of carbonyl (C=O) groups is 1. The molecule has 2 unspecified atom stereocenters. The maximum atomic E-state index is 12.6. The lowest BCUT2D eigenvalue weighted by Gasteiger charge is -2.38. The molecule has 1 amide bonds. The van der Waals surface area contributed by atoms with Crippen LogP contribution in [0.2, 0.25) is 0 Å². The van der Waals surface area contributed by atoms with Crippen molar-refractivity contribution in [2.24, 2.45) is 11.8 Å². The van der Waals surface area contributed by atoms with E-state index in [9.17, 15) is 4.79 Å². The number of hydrogen-bond donors (Lipinski definition) is 1. The topological polar surface area (TPSA) is 45.2 Å². The average molecular weight is 293 g/mol. The van der Waals surface area contributed by atoms with E-state index in [-0.39, 0.29) is 5.92 Å². The van der Waals surface area contributed by atoms with Crippen molar-refractivity contribution in [2.75, 3.05) is 26.2 Å². The maximum absolute atomic E-state index is 12.6. The van der Waals surface area contributed by atoms with Gasteiger partial charge in [0.1, 0.15) is 0 Å². The smallest absolute Gasteiger partial charge is 0.225 e. The van der Waals surface area contributed by atoms with Gasteiger partial charge in [-0.1, -0.05) is 6.92 Å². The number of thiazole rings is 1. The highest BCUT2D eigenvalue weighted by Gasteiger charge is 2.34. The molecule has 110 valence electrons. The van der Waals surface area contributed by atoms with Crippen molar-refractivity contribution in [1.29, 1.82) is 0 Å². The molecule has 0 aliphatic carbocycles. The number of hydrogen-bond acceptors (Lipinski definition) is 4. The fraction of sp³-hybridized carbons (Fsp3) is 0.733. The van der Waals surface area contributed by atoms with Crippen LogP contribution in [0.25, 0.3) is 0 Å². The molecule has 20 heavy (non-hydrogen) atoms. The summed E-state index contributed by atoms with van der Waals surface area (Å²) in [6.45, 7) is 7.90. The molecule has 3 rings (SSSR count). The first-order chi connectivity index (χ1) is 9.65. The van der Waals surface area contributed by atoms with Gasteiger partial charge in [-0.25, -0.2) is 4.98 Å². The van der Waals surface area contributed by atoms with Crippen LogP contribution >= 0.6 is 11.3 Å². The van der Waals surface area contributed by atoms with Gasteiger partial charge in [0.05, 0.1) is 5.01 Å². The van der Waals surface area contributed by atoms with Gasteiger partial charge in [0, 0.05) is 36.0 Å². The SMILES string of the molecule is Cc1csc(C2CCCN(C(=O)C(C)C3CNC3)C2)n1. The Bertz CT molecular complexity index is 483. The number of rotatable bonds is 3. The molecule has 4 nitrogen and oxygen atoms in total.